The highest BCUT2D eigenvalue weighted by Crippen LogP contribution is 2.23. The normalized spacial score (nSPS) is 12.7. The van der Waals surface area contributed by atoms with E-state index in [4.69, 9.17) is 9.26 Å². The van der Waals surface area contributed by atoms with Gasteiger partial charge in [0.15, 0.2) is 5.82 Å². The third-order valence-corrected chi connectivity index (χ3v) is 6.59. The number of aromatic nitrogens is 2. The first-order valence-corrected chi connectivity index (χ1v) is 14.2. The number of hydrogen-bond donors (Lipinski definition) is 5. The Labute approximate surface area is 251 Å². The summed E-state index contributed by atoms with van der Waals surface area (Å²) in [5.41, 5.74) is 2.61. The third-order valence-electron chi connectivity index (χ3n) is 6.59. The molecule has 0 bridgehead atoms. The maximum atomic E-state index is 13.5. The lowest BCUT2D eigenvalue weighted by Crippen LogP contribution is -2.48. The summed E-state index contributed by atoms with van der Waals surface area (Å²) < 4.78 is 10.8. The molecule has 3 rings (SSSR count). The predicted octanol–water partition coefficient (Wildman–Crippen LogP) is 4.71. The van der Waals surface area contributed by atoms with Crippen LogP contribution in [-0.4, -0.2) is 56.6 Å². The molecule has 3 aromatic rings. The SMILES string of the molecule is Cc1cc(O)cc(C)c1C[C@@H](NC(=O)O)C(=O)N[C@H](CCCCNC(=O)OC(C)(C)C)c1nc(Cc2ccccc2)no1. The number of ether oxygens (including phenoxy) is 1. The monoisotopic (exact) mass is 595 g/mol. The van der Waals surface area contributed by atoms with Crippen LogP contribution < -0.4 is 16.0 Å². The quantitative estimate of drug-likeness (QED) is 0.175. The van der Waals surface area contributed by atoms with E-state index in [1.54, 1.807) is 46.8 Å². The largest absolute Gasteiger partial charge is 0.508 e. The van der Waals surface area contributed by atoms with E-state index in [1.165, 1.54) is 0 Å². The summed E-state index contributed by atoms with van der Waals surface area (Å²) in [6, 6.07) is 10.9. The molecule has 1 aromatic heterocycles. The first-order chi connectivity index (χ1) is 20.3. The fourth-order valence-corrected chi connectivity index (χ4v) is 4.62. The zero-order chi connectivity index (χ0) is 31.6. The molecule has 0 aliphatic heterocycles. The second kappa shape index (κ2) is 15.0. The van der Waals surface area contributed by atoms with Gasteiger partial charge < -0.3 is 35.4 Å². The summed E-state index contributed by atoms with van der Waals surface area (Å²) >= 11 is 0. The summed E-state index contributed by atoms with van der Waals surface area (Å²) in [5.74, 6) is 0.178. The Kier molecular flexibility index (Phi) is 11.5. The molecule has 12 nitrogen and oxygen atoms in total. The van der Waals surface area contributed by atoms with Gasteiger partial charge in [0.05, 0.1) is 0 Å². The number of nitrogens with zero attached hydrogens (tertiary/aromatic N) is 2. The van der Waals surface area contributed by atoms with Crippen LogP contribution in [0.15, 0.2) is 47.0 Å². The van der Waals surface area contributed by atoms with E-state index in [2.05, 4.69) is 26.1 Å². The van der Waals surface area contributed by atoms with Gasteiger partial charge in [-0.3, -0.25) is 4.79 Å². The maximum absolute atomic E-state index is 13.5. The predicted molar refractivity (Wildman–Crippen MR) is 159 cm³/mol. The number of hydrogen-bond acceptors (Lipinski definition) is 8. The molecule has 2 aromatic carbocycles. The van der Waals surface area contributed by atoms with Crippen molar-refractivity contribution in [1.82, 2.24) is 26.1 Å². The van der Waals surface area contributed by atoms with Crippen molar-refractivity contribution in [3.63, 3.8) is 0 Å². The highest BCUT2D eigenvalue weighted by atomic mass is 16.6. The van der Waals surface area contributed by atoms with Crippen LogP contribution in [0.3, 0.4) is 0 Å². The molecule has 43 heavy (non-hydrogen) atoms. The molecule has 1 heterocycles. The van der Waals surface area contributed by atoms with E-state index in [1.807, 2.05) is 30.3 Å². The number of alkyl carbamates (subject to hydrolysis) is 1. The summed E-state index contributed by atoms with van der Waals surface area (Å²) in [6.07, 6.45) is 0.207. The second-order valence-electron chi connectivity index (χ2n) is 11.5. The molecule has 0 fully saturated rings. The number of phenols is 1. The van der Waals surface area contributed by atoms with E-state index < -0.39 is 35.8 Å². The van der Waals surface area contributed by atoms with Gasteiger partial charge in [-0.05, 0) is 88.3 Å². The molecule has 0 saturated heterocycles. The van der Waals surface area contributed by atoms with E-state index in [-0.39, 0.29) is 18.1 Å². The van der Waals surface area contributed by atoms with Gasteiger partial charge in [-0.1, -0.05) is 35.5 Å². The number of phenolic OH excluding ortho intramolecular Hbond substituents is 1. The molecule has 0 unspecified atom stereocenters. The van der Waals surface area contributed by atoms with Gasteiger partial charge in [0.25, 0.3) is 0 Å². The minimum atomic E-state index is -1.35. The number of nitrogens with one attached hydrogen (secondary N) is 3. The van der Waals surface area contributed by atoms with Crippen molar-refractivity contribution in [3.05, 3.63) is 76.4 Å². The maximum Gasteiger partial charge on any atom is 0.407 e. The van der Waals surface area contributed by atoms with Gasteiger partial charge in [-0.25, -0.2) is 9.59 Å². The summed E-state index contributed by atoms with van der Waals surface area (Å²) in [5, 5.41) is 31.4. The molecule has 0 saturated carbocycles. The Morgan fingerprint density at radius 1 is 1.02 bits per heavy atom. The minimum absolute atomic E-state index is 0.0751. The molecule has 232 valence electrons. The fourth-order valence-electron chi connectivity index (χ4n) is 4.62. The summed E-state index contributed by atoms with van der Waals surface area (Å²) in [4.78, 5) is 41.6. The van der Waals surface area contributed by atoms with E-state index in [0.717, 1.165) is 22.3 Å². The Morgan fingerprint density at radius 3 is 2.33 bits per heavy atom. The van der Waals surface area contributed by atoms with Crippen molar-refractivity contribution in [2.75, 3.05) is 6.54 Å². The Balaban J connectivity index is 1.74. The van der Waals surface area contributed by atoms with Gasteiger partial charge in [-0.15, -0.1) is 0 Å². The number of amides is 3. The topological polar surface area (TPSA) is 176 Å². The van der Waals surface area contributed by atoms with Crippen LogP contribution in [0.2, 0.25) is 0 Å². The van der Waals surface area contributed by atoms with Crippen LogP contribution in [0.25, 0.3) is 0 Å². The van der Waals surface area contributed by atoms with E-state index in [0.29, 0.717) is 38.1 Å². The number of rotatable bonds is 13. The van der Waals surface area contributed by atoms with Crippen molar-refractivity contribution < 1.29 is 33.9 Å². The number of aromatic hydroxyl groups is 1. The standard InChI is InChI=1S/C31H41N5O7/c1-19-15-22(37)16-20(2)23(19)18-25(34-29(39)40)27(38)33-24(13-9-10-14-32-30(41)42-31(3,4)5)28-35-26(36-43-28)17-21-11-7-6-8-12-21/h6-8,11-12,15-16,24-25,34,37H,9-10,13-14,17-18H2,1-5H3,(H,32,41)(H,33,38)(H,39,40)/t24-,25-/m1/s1. The number of aryl methyl sites for hydroxylation is 2. The fraction of sp³-hybridized carbons (Fsp3) is 0.452. The average molecular weight is 596 g/mol. The van der Waals surface area contributed by atoms with E-state index in [9.17, 15) is 24.6 Å². The highest BCUT2D eigenvalue weighted by molar-refractivity contribution is 5.86. The number of unbranched alkanes of at least 4 members (excludes halogenated alkanes) is 1. The van der Waals surface area contributed by atoms with Gasteiger partial charge in [0, 0.05) is 19.4 Å². The highest BCUT2D eigenvalue weighted by Gasteiger charge is 2.28. The van der Waals surface area contributed by atoms with Crippen LogP contribution in [-0.2, 0) is 22.4 Å². The Bertz CT molecular complexity index is 1360. The average Bonchev–Trinajstić information content (AvgIpc) is 3.36. The number of carbonyl (C=O) groups is 3. The minimum Gasteiger partial charge on any atom is -0.508 e. The lowest BCUT2D eigenvalue weighted by Gasteiger charge is -2.22. The van der Waals surface area contributed by atoms with Crippen molar-refractivity contribution >= 4 is 18.1 Å². The second-order valence-corrected chi connectivity index (χ2v) is 11.5. The molecule has 2 atom stereocenters. The summed E-state index contributed by atoms with van der Waals surface area (Å²) in [6.45, 7) is 9.30. The first kappa shape index (κ1) is 32.9. The van der Waals surface area contributed by atoms with Crippen LogP contribution in [0.1, 0.15) is 80.0 Å². The Morgan fingerprint density at radius 2 is 1.70 bits per heavy atom. The van der Waals surface area contributed by atoms with Crippen LogP contribution in [0, 0.1) is 13.8 Å². The van der Waals surface area contributed by atoms with Crippen LogP contribution in [0.4, 0.5) is 9.59 Å². The molecule has 3 amide bonds. The van der Waals surface area contributed by atoms with Gasteiger partial charge in [0.1, 0.15) is 23.4 Å². The molecule has 0 aliphatic carbocycles. The lowest BCUT2D eigenvalue weighted by atomic mass is 9.95. The van der Waals surface area contributed by atoms with Crippen LogP contribution in [0.5, 0.6) is 5.75 Å². The lowest BCUT2D eigenvalue weighted by molar-refractivity contribution is -0.124. The molecular weight excluding hydrogens is 554 g/mol. The first-order valence-electron chi connectivity index (χ1n) is 14.2. The zero-order valence-electron chi connectivity index (χ0n) is 25.3. The molecule has 0 aliphatic rings. The van der Waals surface area contributed by atoms with Crippen molar-refractivity contribution in [2.45, 2.75) is 84.4 Å². The number of carboxylic acid groups (broad SMARTS) is 1. The molecule has 0 radical (unpaired) electrons. The zero-order valence-corrected chi connectivity index (χ0v) is 25.3. The third kappa shape index (κ3) is 11.0. The van der Waals surface area contributed by atoms with Crippen LogP contribution >= 0.6 is 0 Å². The van der Waals surface area contributed by atoms with E-state index >= 15 is 0 Å². The molecule has 0 spiro atoms. The van der Waals surface area contributed by atoms with Gasteiger partial charge in [0.2, 0.25) is 11.8 Å². The van der Waals surface area contributed by atoms with Gasteiger partial charge >= 0.3 is 12.2 Å². The number of carbonyl (C=O) groups excluding carboxylic acids is 2. The Hall–Kier alpha value is -4.61. The molecule has 5 N–H and O–H groups in total. The van der Waals surface area contributed by atoms with Crippen molar-refractivity contribution in [3.8, 4) is 5.75 Å². The molecular formula is C31H41N5O7. The number of benzene rings is 2. The smallest absolute Gasteiger partial charge is 0.407 e. The van der Waals surface area contributed by atoms with Gasteiger partial charge in [-0.2, -0.15) is 4.98 Å². The van der Waals surface area contributed by atoms with Crippen molar-refractivity contribution in [2.24, 2.45) is 0 Å². The van der Waals surface area contributed by atoms with Crippen molar-refractivity contribution in [1.29, 1.82) is 0 Å². The molecule has 12 heteroatoms. The summed E-state index contributed by atoms with van der Waals surface area (Å²) in [7, 11) is 0.